The normalized spacial score (nSPS) is 13.3. The van der Waals surface area contributed by atoms with E-state index < -0.39 is 0 Å². The van der Waals surface area contributed by atoms with Crippen LogP contribution in [0, 0.1) is 27.7 Å². The highest BCUT2D eigenvalue weighted by atomic mass is 16.2. The molecule has 0 aliphatic carbocycles. The van der Waals surface area contributed by atoms with Crippen molar-refractivity contribution in [3.8, 4) is 0 Å². The molecule has 280 valence electrons. The van der Waals surface area contributed by atoms with Gasteiger partial charge in [0.1, 0.15) is 0 Å². The first kappa shape index (κ1) is 38.5. The maximum atomic E-state index is 7.00. The Morgan fingerprint density at radius 3 is 1.20 bits per heavy atom. The molecule has 0 saturated carbocycles. The first-order valence-corrected chi connectivity index (χ1v) is 18.6. The first-order valence-electron chi connectivity index (χ1n) is 18.6. The molecule has 3 heterocycles. The summed E-state index contributed by atoms with van der Waals surface area (Å²) >= 11 is 0. The Bertz CT molecular complexity index is 2160. The van der Waals surface area contributed by atoms with Gasteiger partial charge in [0, 0.05) is 63.1 Å². The van der Waals surface area contributed by atoms with Crippen molar-refractivity contribution in [1.82, 2.24) is 19.8 Å². The van der Waals surface area contributed by atoms with Crippen molar-refractivity contribution < 1.29 is 5.11 Å². The summed E-state index contributed by atoms with van der Waals surface area (Å²) in [4.78, 5) is 19.2. The quantitative estimate of drug-likeness (QED) is 0.159. The SMILES string of the molecule is CC1=C(c2ccc(N(c3ccc(C)cc3)c3ccc(C)cc3)cn2)N(C)C/C1=C(\c1ccc(N(c2ccc(C)cc2)c2ccc(C)cc2)cn1)N(C)C.CO. The van der Waals surface area contributed by atoms with Crippen LogP contribution >= 0.6 is 0 Å². The molecule has 0 saturated heterocycles. The molecule has 7 rings (SSSR count). The van der Waals surface area contributed by atoms with E-state index in [0.29, 0.717) is 0 Å². The second-order valence-corrected chi connectivity index (χ2v) is 14.4. The lowest BCUT2D eigenvalue weighted by molar-refractivity contribution is 0.399. The van der Waals surface area contributed by atoms with E-state index in [1.807, 2.05) is 12.4 Å². The molecule has 6 aromatic rings. The zero-order valence-electron chi connectivity index (χ0n) is 33.5. The molecule has 0 spiro atoms. The number of aromatic nitrogens is 2. The molecule has 2 aromatic heterocycles. The van der Waals surface area contributed by atoms with Crippen LogP contribution in [0.1, 0.15) is 40.6 Å². The van der Waals surface area contributed by atoms with Gasteiger partial charge in [-0.2, -0.15) is 0 Å². The van der Waals surface area contributed by atoms with Crippen LogP contribution in [0.5, 0.6) is 0 Å². The minimum atomic E-state index is 0.763. The number of aryl methyl sites for hydroxylation is 4. The van der Waals surface area contributed by atoms with Crippen LogP contribution in [0.2, 0.25) is 0 Å². The van der Waals surface area contributed by atoms with E-state index >= 15 is 0 Å². The predicted octanol–water partition coefficient (Wildman–Crippen LogP) is 10.9. The third-order valence-corrected chi connectivity index (χ3v) is 9.98. The van der Waals surface area contributed by atoms with Crippen molar-refractivity contribution in [1.29, 1.82) is 0 Å². The lowest BCUT2D eigenvalue weighted by Crippen LogP contribution is -2.18. The van der Waals surface area contributed by atoms with Gasteiger partial charge < -0.3 is 24.7 Å². The maximum absolute atomic E-state index is 7.00. The van der Waals surface area contributed by atoms with Crippen molar-refractivity contribution in [2.45, 2.75) is 34.6 Å². The van der Waals surface area contributed by atoms with Crippen molar-refractivity contribution in [3.63, 3.8) is 0 Å². The van der Waals surface area contributed by atoms with Crippen LogP contribution in [-0.2, 0) is 0 Å². The number of hydrogen-bond acceptors (Lipinski definition) is 7. The van der Waals surface area contributed by atoms with Crippen molar-refractivity contribution in [2.24, 2.45) is 0 Å². The minimum Gasteiger partial charge on any atom is -0.400 e. The highest BCUT2D eigenvalue weighted by molar-refractivity contribution is 5.83. The summed E-state index contributed by atoms with van der Waals surface area (Å²) in [6, 6.07) is 43.3. The van der Waals surface area contributed by atoms with Crippen LogP contribution in [-0.4, -0.2) is 59.7 Å². The van der Waals surface area contributed by atoms with Crippen LogP contribution in [0.4, 0.5) is 34.1 Å². The van der Waals surface area contributed by atoms with Gasteiger partial charge in [-0.05, 0) is 113 Å². The zero-order chi connectivity index (χ0) is 39.2. The Morgan fingerprint density at radius 2 is 0.873 bits per heavy atom. The van der Waals surface area contributed by atoms with Gasteiger partial charge in [-0.15, -0.1) is 0 Å². The van der Waals surface area contributed by atoms with Gasteiger partial charge in [0.2, 0.25) is 0 Å². The summed E-state index contributed by atoms with van der Waals surface area (Å²) < 4.78 is 0. The van der Waals surface area contributed by atoms with Gasteiger partial charge in [-0.25, -0.2) is 0 Å². The summed E-state index contributed by atoms with van der Waals surface area (Å²) in [6.45, 7) is 11.4. The average Bonchev–Trinajstić information content (AvgIpc) is 3.48. The van der Waals surface area contributed by atoms with Gasteiger partial charge in [0.25, 0.3) is 0 Å². The average molecular weight is 729 g/mol. The topological polar surface area (TPSA) is 59.0 Å². The maximum Gasteiger partial charge on any atom is 0.0868 e. The van der Waals surface area contributed by atoms with Gasteiger partial charge in [-0.3, -0.25) is 9.97 Å². The Kier molecular flexibility index (Phi) is 11.8. The monoisotopic (exact) mass is 728 g/mol. The molecule has 0 bridgehead atoms. The lowest BCUT2D eigenvalue weighted by atomic mass is 10.0. The van der Waals surface area contributed by atoms with Crippen LogP contribution in [0.15, 0.2) is 145 Å². The molecule has 1 aliphatic heterocycles. The number of aliphatic hydroxyl groups is 1. The molecule has 4 aromatic carbocycles. The summed E-state index contributed by atoms with van der Waals surface area (Å²) in [7, 11) is 7.36. The van der Waals surface area contributed by atoms with Gasteiger partial charge in [-0.1, -0.05) is 70.8 Å². The predicted molar refractivity (Wildman–Crippen MR) is 231 cm³/mol. The molecule has 0 unspecified atom stereocenters. The zero-order valence-corrected chi connectivity index (χ0v) is 33.5. The summed E-state index contributed by atoms with van der Waals surface area (Å²) in [5.41, 5.74) is 17.9. The van der Waals surface area contributed by atoms with E-state index in [9.17, 15) is 0 Å². The molecule has 0 fully saturated rings. The van der Waals surface area contributed by atoms with Gasteiger partial charge >= 0.3 is 0 Å². The number of hydrogen-bond donors (Lipinski definition) is 1. The molecular weight excluding hydrogens is 677 g/mol. The third kappa shape index (κ3) is 8.32. The highest BCUT2D eigenvalue weighted by Crippen LogP contribution is 2.40. The van der Waals surface area contributed by atoms with Crippen LogP contribution in [0.3, 0.4) is 0 Å². The lowest BCUT2D eigenvalue weighted by Gasteiger charge is -2.26. The summed E-state index contributed by atoms with van der Waals surface area (Å²) in [5, 5.41) is 7.00. The van der Waals surface area contributed by atoms with E-state index in [2.05, 4.69) is 197 Å². The molecule has 1 aliphatic rings. The van der Waals surface area contributed by atoms with Crippen molar-refractivity contribution >= 4 is 45.5 Å². The number of nitrogens with zero attached hydrogens (tertiary/aromatic N) is 6. The van der Waals surface area contributed by atoms with Crippen molar-refractivity contribution in [2.75, 3.05) is 44.6 Å². The van der Waals surface area contributed by atoms with E-state index in [1.165, 1.54) is 33.4 Å². The summed E-state index contributed by atoms with van der Waals surface area (Å²) in [6.07, 6.45) is 3.98. The molecular formula is C48H52N6O. The number of benzene rings is 4. The van der Waals surface area contributed by atoms with E-state index in [4.69, 9.17) is 15.1 Å². The van der Waals surface area contributed by atoms with E-state index in [0.717, 1.165) is 70.6 Å². The smallest absolute Gasteiger partial charge is 0.0868 e. The fourth-order valence-corrected chi connectivity index (χ4v) is 7.14. The van der Waals surface area contributed by atoms with E-state index in [-0.39, 0.29) is 0 Å². The number of aliphatic hydroxyl groups excluding tert-OH is 1. The first-order chi connectivity index (χ1) is 26.6. The molecule has 55 heavy (non-hydrogen) atoms. The largest absolute Gasteiger partial charge is 0.400 e. The van der Waals surface area contributed by atoms with E-state index in [1.54, 1.807) is 0 Å². The number of anilines is 6. The second-order valence-electron chi connectivity index (χ2n) is 14.4. The Labute approximate surface area is 327 Å². The second kappa shape index (κ2) is 16.9. The molecule has 7 nitrogen and oxygen atoms in total. The number of rotatable bonds is 9. The fraction of sp³-hybridized carbons (Fsp3) is 0.208. The molecule has 0 radical (unpaired) electrons. The molecule has 0 amide bonds. The number of likely N-dealkylation sites (N-methyl/N-ethyl adjacent to an activating group) is 1. The highest BCUT2D eigenvalue weighted by Gasteiger charge is 2.28. The third-order valence-electron chi connectivity index (χ3n) is 9.98. The standard InChI is InChI=1S/C47H48N6.CH4O/c1-32-9-17-37(18-10-32)52(38-19-11-33(2)12-20-38)41-25-27-44(48-29-41)46-36(5)43(31-51(46)8)47(50(6)7)45-28-26-42(30-49-45)53(39-21-13-34(3)14-22-39)40-23-15-35(4)16-24-40;1-2/h9-30H,31H2,1-8H3;2H,1H3/b47-43-;. The molecule has 0 atom stereocenters. The number of pyridine rings is 2. The Morgan fingerprint density at radius 1 is 0.509 bits per heavy atom. The summed E-state index contributed by atoms with van der Waals surface area (Å²) in [5.74, 6) is 0. The molecule has 1 N–H and O–H groups in total. The van der Waals surface area contributed by atoms with Crippen molar-refractivity contribution in [3.05, 3.63) is 179 Å². The Balaban J connectivity index is 0.00000253. The van der Waals surface area contributed by atoms with Crippen LogP contribution < -0.4 is 9.80 Å². The minimum absolute atomic E-state index is 0.763. The van der Waals surface area contributed by atoms with Gasteiger partial charge in [0.05, 0.1) is 46.6 Å². The fourth-order valence-electron chi connectivity index (χ4n) is 7.14. The Hall–Kier alpha value is -6.18. The van der Waals surface area contributed by atoms with Gasteiger partial charge in [0.15, 0.2) is 0 Å². The van der Waals surface area contributed by atoms with Crippen LogP contribution in [0.25, 0.3) is 11.4 Å². The molecule has 7 heteroatoms.